The molecule has 0 aromatic rings. The van der Waals surface area contributed by atoms with Crippen molar-refractivity contribution in [3.63, 3.8) is 0 Å². The molecule has 0 atom stereocenters. The van der Waals surface area contributed by atoms with Crippen LogP contribution in [0.15, 0.2) is 0 Å². The summed E-state index contributed by atoms with van der Waals surface area (Å²) in [6.45, 7) is 0. The topological polar surface area (TPSA) is 77.8 Å². The van der Waals surface area contributed by atoms with Crippen molar-refractivity contribution in [3.05, 3.63) is 0 Å². The summed E-state index contributed by atoms with van der Waals surface area (Å²) in [6, 6.07) is 0. The SMILES string of the molecule is O=P(O)(O)O.[Fe].[H-].[Li+].[Zr]. The van der Waals surface area contributed by atoms with E-state index < -0.39 is 7.82 Å². The van der Waals surface area contributed by atoms with Gasteiger partial charge in [0.15, 0.2) is 0 Å². The molecule has 46 valence electrons. The van der Waals surface area contributed by atoms with E-state index in [0.717, 1.165) is 0 Å². The minimum Gasteiger partial charge on any atom is -1.00 e. The molecule has 0 aliphatic carbocycles. The van der Waals surface area contributed by atoms with Crippen LogP contribution in [0.3, 0.4) is 0 Å². The van der Waals surface area contributed by atoms with Crippen molar-refractivity contribution in [3.8, 4) is 0 Å². The monoisotopic (exact) mass is 252 g/mol. The van der Waals surface area contributed by atoms with E-state index in [2.05, 4.69) is 0 Å². The number of hydrogen-bond acceptors (Lipinski definition) is 1. The summed E-state index contributed by atoms with van der Waals surface area (Å²) in [5.41, 5.74) is 0. The van der Waals surface area contributed by atoms with Crippen LogP contribution in [0, 0.1) is 0 Å². The van der Waals surface area contributed by atoms with Crippen molar-refractivity contribution in [2.24, 2.45) is 0 Å². The predicted molar refractivity (Wildman–Crippen MR) is 15.4 cm³/mol. The Labute approximate surface area is 89.9 Å². The standard InChI is InChI=1S/Fe.Li.H3O4P.Zr.H/c;;1-5(2,3)4;;/h;;(H3,1,2,3,4);;/q;+1;;;-1. The second kappa shape index (κ2) is 9.11. The Hall–Kier alpha value is 2.11. The Morgan fingerprint density at radius 2 is 1.25 bits per heavy atom. The van der Waals surface area contributed by atoms with Gasteiger partial charge in [-0.15, -0.1) is 0 Å². The summed E-state index contributed by atoms with van der Waals surface area (Å²) >= 11 is 0. The zero-order valence-electron chi connectivity index (χ0n) is 5.05. The molecule has 0 bridgehead atoms. The molecule has 0 spiro atoms. The van der Waals surface area contributed by atoms with Crippen LogP contribution in [0.4, 0.5) is 0 Å². The van der Waals surface area contributed by atoms with E-state index in [1.54, 1.807) is 0 Å². The summed E-state index contributed by atoms with van der Waals surface area (Å²) in [5.74, 6) is 0. The van der Waals surface area contributed by atoms with E-state index in [9.17, 15) is 0 Å². The summed E-state index contributed by atoms with van der Waals surface area (Å²) < 4.78 is 8.88. The van der Waals surface area contributed by atoms with Crippen LogP contribution in [0.5, 0.6) is 0 Å². The van der Waals surface area contributed by atoms with Crippen LogP contribution in [-0.2, 0) is 47.8 Å². The van der Waals surface area contributed by atoms with Gasteiger partial charge in [0.2, 0.25) is 0 Å². The van der Waals surface area contributed by atoms with Crippen molar-refractivity contribution in [2.45, 2.75) is 0 Å². The molecule has 0 saturated heterocycles. The fourth-order valence-electron chi connectivity index (χ4n) is 0. The van der Waals surface area contributed by atoms with Crippen LogP contribution in [0.2, 0.25) is 0 Å². The molecule has 0 aromatic heterocycles. The van der Waals surface area contributed by atoms with Gasteiger partial charge in [-0.1, -0.05) is 0 Å². The van der Waals surface area contributed by atoms with Gasteiger partial charge < -0.3 is 16.1 Å². The van der Waals surface area contributed by atoms with Crippen LogP contribution in [0.1, 0.15) is 1.43 Å². The number of hydrogen-bond donors (Lipinski definition) is 3. The van der Waals surface area contributed by atoms with Crippen molar-refractivity contribution >= 4 is 7.82 Å². The van der Waals surface area contributed by atoms with Crippen molar-refractivity contribution in [1.29, 1.82) is 0 Å². The maximum absolute atomic E-state index is 8.88. The molecular formula is H4FeLiO4PZr. The van der Waals surface area contributed by atoms with Crippen molar-refractivity contribution in [2.75, 3.05) is 0 Å². The third-order valence-corrected chi connectivity index (χ3v) is 0. The first-order valence-corrected chi connectivity index (χ1v) is 2.35. The van der Waals surface area contributed by atoms with E-state index in [0.29, 0.717) is 0 Å². The molecule has 0 unspecified atom stereocenters. The molecule has 8 heteroatoms. The fourth-order valence-corrected chi connectivity index (χ4v) is 0. The average Bonchev–Trinajstić information content (AvgIpc) is 0.722. The molecule has 8 heavy (non-hydrogen) atoms. The molecule has 0 amide bonds. The van der Waals surface area contributed by atoms with E-state index in [1.807, 2.05) is 0 Å². The van der Waals surface area contributed by atoms with Gasteiger partial charge in [0.25, 0.3) is 0 Å². The fraction of sp³-hybridized carbons (Fsp3) is 0. The molecule has 0 fully saturated rings. The first-order valence-electron chi connectivity index (χ1n) is 0.783. The second-order valence-electron chi connectivity index (χ2n) is 0.513. The molecule has 0 rings (SSSR count). The van der Waals surface area contributed by atoms with Gasteiger partial charge in [-0.05, 0) is 0 Å². The van der Waals surface area contributed by atoms with Gasteiger partial charge in [0.1, 0.15) is 0 Å². The maximum atomic E-state index is 8.88. The van der Waals surface area contributed by atoms with E-state index in [-0.39, 0.29) is 63.6 Å². The Balaban J connectivity index is -0.0000000133. The first-order chi connectivity index (χ1) is 2.00. The maximum Gasteiger partial charge on any atom is 1.00 e. The molecule has 0 radical (unpaired) electrons. The van der Waals surface area contributed by atoms with Crippen LogP contribution in [-0.4, -0.2) is 14.7 Å². The first kappa shape index (κ1) is 22.5. The average molecular weight is 253 g/mol. The minimum atomic E-state index is -4.64. The van der Waals surface area contributed by atoms with Crippen molar-refractivity contribution in [1.82, 2.24) is 0 Å². The van der Waals surface area contributed by atoms with Gasteiger partial charge in [-0.25, -0.2) is 4.57 Å². The van der Waals surface area contributed by atoms with Crippen LogP contribution in [0.25, 0.3) is 0 Å². The summed E-state index contributed by atoms with van der Waals surface area (Å²) in [7, 11) is -4.64. The zero-order chi connectivity index (χ0) is 4.50. The Kier molecular flexibility index (Phi) is 25.6. The number of rotatable bonds is 0. The van der Waals surface area contributed by atoms with E-state index >= 15 is 0 Å². The Morgan fingerprint density at radius 1 is 1.25 bits per heavy atom. The van der Waals surface area contributed by atoms with Crippen LogP contribution >= 0.6 is 7.82 Å². The van der Waals surface area contributed by atoms with E-state index in [1.165, 1.54) is 0 Å². The van der Waals surface area contributed by atoms with Gasteiger partial charge in [0.05, 0.1) is 0 Å². The third kappa shape index (κ3) is 92.1. The van der Waals surface area contributed by atoms with E-state index in [4.69, 9.17) is 19.2 Å². The Morgan fingerprint density at radius 3 is 1.25 bits per heavy atom. The quantitative estimate of drug-likeness (QED) is 0.305. The Bertz CT molecular complexity index is 66.7. The molecule has 0 aliphatic rings. The van der Waals surface area contributed by atoms with Gasteiger partial charge >= 0.3 is 26.7 Å². The molecule has 4 nitrogen and oxygen atoms in total. The van der Waals surface area contributed by atoms with Crippen LogP contribution < -0.4 is 18.9 Å². The largest absolute Gasteiger partial charge is 1.00 e. The molecule has 0 aromatic carbocycles. The van der Waals surface area contributed by atoms with Crippen molar-refractivity contribution < 1.29 is 82.8 Å². The number of phosphoric acid groups is 1. The van der Waals surface area contributed by atoms with Gasteiger partial charge in [-0.3, -0.25) is 0 Å². The van der Waals surface area contributed by atoms with Gasteiger partial charge in [-0.2, -0.15) is 0 Å². The second-order valence-corrected chi connectivity index (χ2v) is 1.54. The van der Waals surface area contributed by atoms with Gasteiger partial charge in [0, 0.05) is 43.3 Å². The molecular weight excluding hydrogens is 249 g/mol. The normalized spacial score (nSPS) is 7.38. The smallest absolute Gasteiger partial charge is 1.00 e. The minimum absolute atomic E-state index is 0. The summed E-state index contributed by atoms with van der Waals surface area (Å²) in [5, 5.41) is 0. The zero-order valence-corrected chi connectivity index (χ0v) is 8.51. The predicted octanol–water partition coefficient (Wildman–Crippen LogP) is -3.82. The molecule has 0 heterocycles. The molecule has 3 N–H and O–H groups in total. The summed E-state index contributed by atoms with van der Waals surface area (Å²) in [6.07, 6.45) is 0. The molecule has 0 saturated carbocycles. The molecule has 0 aliphatic heterocycles. The summed E-state index contributed by atoms with van der Waals surface area (Å²) in [4.78, 5) is 21.6. The third-order valence-electron chi connectivity index (χ3n) is 0.